The largest absolute Gasteiger partial charge is 0.441 e. The highest BCUT2D eigenvalue weighted by molar-refractivity contribution is 6.30. The fourth-order valence-electron chi connectivity index (χ4n) is 0.226. The number of hydrogen-bond donors (Lipinski definition) is 1. The van der Waals surface area contributed by atoms with Crippen molar-refractivity contribution in [1.29, 1.82) is 0 Å². The molecular weight excluding hydrogens is 163 g/mol. The van der Waals surface area contributed by atoms with Crippen LogP contribution in [0.15, 0.2) is 0 Å². The molecule has 0 aromatic heterocycles. The van der Waals surface area contributed by atoms with E-state index >= 15 is 0 Å². The molecule has 0 atom stereocenters. The van der Waals surface area contributed by atoms with E-state index < -0.39 is 24.8 Å². The molecule has 0 aliphatic rings. The fourth-order valence-corrected chi connectivity index (χ4v) is 0.325. The summed E-state index contributed by atoms with van der Waals surface area (Å²) in [5.74, 6) is -2.48. The molecular formula is C4H5ClO5. The SMILES string of the molecule is O=C(OCO)C(=O)OCCl. The second kappa shape index (κ2) is 5.01. The maximum Gasteiger partial charge on any atom is 0.419 e. The van der Waals surface area contributed by atoms with Gasteiger partial charge in [-0.15, -0.1) is 0 Å². The summed E-state index contributed by atoms with van der Waals surface area (Å²) in [5.41, 5.74) is 0. The Labute approximate surface area is 61.5 Å². The van der Waals surface area contributed by atoms with Gasteiger partial charge in [0.2, 0.25) is 0 Å². The van der Waals surface area contributed by atoms with Crippen molar-refractivity contribution in [1.82, 2.24) is 0 Å². The lowest BCUT2D eigenvalue weighted by Gasteiger charge is -1.97. The first-order valence-electron chi connectivity index (χ1n) is 2.23. The van der Waals surface area contributed by atoms with Gasteiger partial charge in [0.25, 0.3) is 0 Å². The van der Waals surface area contributed by atoms with E-state index in [1.54, 1.807) is 0 Å². The summed E-state index contributed by atoms with van der Waals surface area (Å²) in [4.78, 5) is 20.5. The second-order valence-electron chi connectivity index (χ2n) is 1.10. The van der Waals surface area contributed by atoms with Crippen molar-refractivity contribution in [3.8, 4) is 0 Å². The molecule has 58 valence electrons. The highest BCUT2D eigenvalue weighted by atomic mass is 35.5. The summed E-state index contributed by atoms with van der Waals surface area (Å²) in [6.45, 7) is -0.851. The van der Waals surface area contributed by atoms with Crippen LogP contribution < -0.4 is 0 Å². The third kappa shape index (κ3) is 3.26. The normalized spacial score (nSPS) is 8.60. The van der Waals surface area contributed by atoms with Crippen molar-refractivity contribution >= 4 is 23.5 Å². The molecule has 0 radical (unpaired) electrons. The van der Waals surface area contributed by atoms with Crippen LogP contribution in [0.3, 0.4) is 0 Å². The van der Waals surface area contributed by atoms with E-state index in [4.69, 9.17) is 16.7 Å². The van der Waals surface area contributed by atoms with E-state index in [0.717, 1.165) is 0 Å². The summed E-state index contributed by atoms with van der Waals surface area (Å²) in [6.07, 6.45) is 0. The molecule has 0 saturated heterocycles. The molecule has 0 bridgehead atoms. The Balaban J connectivity index is 3.60. The minimum Gasteiger partial charge on any atom is -0.441 e. The molecule has 6 heteroatoms. The number of alkyl halides is 1. The third-order valence-electron chi connectivity index (χ3n) is 0.548. The Morgan fingerprint density at radius 1 is 1.30 bits per heavy atom. The first-order valence-corrected chi connectivity index (χ1v) is 2.76. The van der Waals surface area contributed by atoms with E-state index in [9.17, 15) is 9.59 Å². The Kier molecular flexibility index (Phi) is 4.61. The first-order chi connectivity index (χ1) is 4.72. The number of esters is 2. The number of carbonyl (C=O) groups is 2. The predicted octanol–water partition coefficient (Wildman–Crippen LogP) is -0.781. The standard InChI is InChI=1S/C4H5ClO5/c5-1-9-3(7)4(8)10-2-6/h6H,1-2H2. The highest BCUT2D eigenvalue weighted by Gasteiger charge is 2.15. The smallest absolute Gasteiger partial charge is 0.419 e. The number of aliphatic hydroxyl groups excluding tert-OH is 1. The van der Waals surface area contributed by atoms with E-state index in [1.165, 1.54) is 0 Å². The maximum atomic E-state index is 10.2. The molecule has 0 rings (SSSR count). The second-order valence-corrected chi connectivity index (χ2v) is 1.32. The van der Waals surface area contributed by atoms with Crippen LogP contribution >= 0.6 is 11.6 Å². The van der Waals surface area contributed by atoms with Crippen LogP contribution in [-0.2, 0) is 19.1 Å². The third-order valence-corrected chi connectivity index (χ3v) is 0.657. The molecule has 0 aromatic carbocycles. The van der Waals surface area contributed by atoms with Crippen molar-refractivity contribution in [2.75, 3.05) is 12.9 Å². The molecule has 1 N–H and O–H groups in total. The summed E-state index contributed by atoms with van der Waals surface area (Å²) < 4.78 is 7.84. The van der Waals surface area contributed by atoms with Crippen LogP contribution in [0.25, 0.3) is 0 Å². The van der Waals surface area contributed by atoms with E-state index in [-0.39, 0.29) is 0 Å². The highest BCUT2D eigenvalue weighted by Crippen LogP contribution is 1.85. The monoisotopic (exact) mass is 168 g/mol. The summed E-state index contributed by atoms with van der Waals surface area (Å²) in [6, 6.07) is -0.417. The Hall–Kier alpha value is -0.810. The van der Waals surface area contributed by atoms with Crippen LogP contribution in [-0.4, -0.2) is 29.9 Å². The fraction of sp³-hybridized carbons (Fsp3) is 0.500. The average molecular weight is 169 g/mol. The quantitative estimate of drug-likeness (QED) is 0.253. The lowest BCUT2D eigenvalue weighted by molar-refractivity contribution is -0.171. The number of halogens is 1. The molecule has 0 aliphatic carbocycles. The zero-order chi connectivity index (χ0) is 7.98. The molecule has 0 aliphatic heterocycles. The Morgan fingerprint density at radius 2 is 1.80 bits per heavy atom. The molecule has 0 spiro atoms. The maximum absolute atomic E-state index is 10.2. The van der Waals surface area contributed by atoms with Crippen LogP contribution in [0.2, 0.25) is 0 Å². The van der Waals surface area contributed by atoms with Gasteiger partial charge in [-0.2, -0.15) is 0 Å². The lowest BCUT2D eigenvalue weighted by Crippen LogP contribution is -2.20. The van der Waals surface area contributed by atoms with Gasteiger partial charge in [0.15, 0.2) is 12.9 Å². The number of carbonyl (C=O) groups excluding carboxylic acids is 2. The van der Waals surface area contributed by atoms with Gasteiger partial charge in [0, 0.05) is 0 Å². The van der Waals surface area contributed by atoms with E-state index in [2.05, 4.69) is 9.47 Å². The van der Waals surface area contributed by atoms with Gasteiger partial charge in [-0.05, 0) is 0 Å². The molecule has 0 fully saturated rings. The predicted molar refractivity (Wildman–Crippen MR) is 30.0 cm³/mol. The van der Waals surface area contributed by atoms with Gasteiger partial charge in [-0.1, -0.05) is 11.6 Å². The van der Waals surface area contributed by atoms with Gasteiger partial charge >= 0.3 is 11.9 Å². The van der Waals surface area contributed by atoms with Gasteiger partial charge in [0.05, 0.1) is 0 Å². The van der Waals surface area contributed by atoms with Crippen LogP contribution in [0.4, 0.5) is 0 Å². The average Bonchev–Trinajstić information content (AvgIpc) is 1.89. The number of aliphatic hydroxyl groups is 1. The van der Waals surface area contributed by atoms with Gasteiger partial charge in [-0.25, -0.2) is 9.59 Å². The van der Waals surface area contributed by atoms with E-state index in [1.807, 2.05) is 0 Å². The Bertz CT molecular complexity index is 118. The molecule has 0 heterocycles. The van der Waals surface area contributed by atoms with Crippen molar-refractivity contribution in [2.45, 2.75) is 0 Å². The first kappa shape index (κ1) is 9.19. The molecule has 0 aromatic rings. The van der Waals surface area contributed by atoms with Crippen molar-refractivity contribution < 1.29 is 24.2 Å². The van der Waals surface area contributed by atoms with Crippen molar-refractivity contribution in [3.05, 3.63) is 0 Å². The number of ether oxygens (including phenoxy) is 2. The van der Waals surface area contributed by atoms with Crippen LogP contribution in [0, 0.1) is 0 Å². The van der Waals surface area contributed by atoms with Crippen molar-refractivity contribution in [3.63, 3.8) is 0 Å². The zero-order valence-corrected chi connectivity index (χ0v) is 5.63. The molecule has 0 saturated carbocycles. The number of hydrogen-bond acceptors (Lipinski definition) is 5. The molecule has 0 unspecified atom stereocenters. The minimum absolute atomic E-state index is 0.417. The topological polar surface area (TPSA) is 72.8 Å². The molecule has 0 amide bonds. The molecule has 10 heavy (non-hydrogen) atoms. The molecule has 5 nitrogen and oxygen atoms in total. The summed E-state index contributed by atoms with van der Waals surface area (Å²) in [7, 11) is 0. The minimum atomic E-state index is -1.26. The Morgan fingerprint density at radius 3 is 2.20 bits per heavy atom. The van der Waals surface area contributed by atoms with Crippen molar-refractivity contribution in [2.24, 2.45) is 0 Å². The summed E-state index contributed by atoms with van der Waals surface area (Å²) in [5, 5.41) is 7.97. The van der Waals surface area contributed by atoms with Crippen LogP contribution in [0.1, 0.15) is 0 Å². The zero-order valence-electron chi connectivity index (χ0n) is 4.87. The van der Waals surface area contributed by atoms with Gasteiger partial charge in [-0.3, -0.25) is 0 Å². The van der Waals surface area contributed by atoms with E-state index in [0.29, 0.717) is 0 Å². The van der Waals surface area contributed by atoms with Gasteiger partial charge in [0.1, 0.15) is 0 Å². The summed E-state index contributed by atoms with van der Waals surface area (Å²) >= 11 is 4.93. The lowest BCUT2D eigenvalue weighted by atomic mass is 10.7. The van der Waals surface area contributed by atoms with Crippen LogP contribution in [0.5, 0.6) is 0 Å². The van der Waals surface area contributed by atoms with Gasteiger partial charge < -0.3 is 14.6 Å². The number of rotatable bonds is 2.